The number of rotatable bonds is 6. The highest BCUT2D eigenvalue weighted by Crippen LogP contribution is 2.34. The standard InChI is InChI=1S/C19H23N3O6/c1-13(17(23)21(2)19(12-20)9-5-4-6-10-19)28-16-8-7-14(18(24)27-3)11-15(16)22(25)26/h7-8,11,13H,4-6,9-10H2,1-3H3/t13-/m0/s1. The van der Waals surface area contributed by atoms with Crippen molar-refractivity contribution in [1.82, 2.24) is 4.90 Å². The van der Waals surface area contributed by atoms with Crippen molar-refractivity contribution in [2.24, 2.45) is 0 Å². The molecule has 150 valence electrons. The summed E-state index contributed by atoms with van der Waals surface area (Å²) < 4.78 is 10.1. The van der Waals surface area contributed by atoms with E-state index in [1.165, 1.54) is 31.1 Å². The summed E-state index contributed by atoms with van der Waals surface area (Å²) in [6, 6.07) is 5.89. The third kappa shape index (κ3) is 4.22. The van der Waals surface area contributed by atoms with Crippen LogP contribution in [0.3, 0.4) is 0 Å². The number of ether oxygens (including phenoxy) is 2. The van der Waals surface area contributed by atoms with Crippen molar-refractivity contribution >= 4 is 17.6 Å². The number of benzene rings is 1. The molecule has 1 saturated carbocycles. The minimum atomic E-state index is -1.04. The summed E-state index contributed by atoms with van der Waals surface area (Å²) in [5.74, 6) is -1.29. The van der Waals surface area contributed by atoms with Crippen LogP contribution in [0.15, 0.2) is 18.2 Å². The van der Waals surface area contributed by atoms with Crippen LogP contribution in [0.4, 0.5) is 5.69 Å². The van der Waals surface area contributed by atoms with Crippen molar-refractivity contribution in [2.45, 2.75) is 50.7 Å². The maximum atomic E-state index is 12.8. The third-order valence-corrected chi connectivity index (χ3v) is 5.09. The Balaban J connectivity index is 2.22. The topological polar surface area (TPSA) is 123 Å². The molecule has 1 fully saturated rings. The van der Waals surface area contributed by atoms with E-state index in [2.05, 4.69) is 10.8 Å². The number of likely N-dealkylation sites (N-methyl/N-ethyl adjacent to an activating group) is 1. The van der Waals surface area contributed by atoms with E-state index < -0.39 is 34.1 Å². The molecule has 1 aromatic rings. The lowest BCUT2D eigenvalue weighted by Gasteiger charge is -2.39. The van der Waals surface area contributed by atoms with Gasteiger partial charge in [-0.25, -0.2) is 4.79 Å². The monoisotopic (exact) mass is 389 g/mol. The lowest BCUT2D eigenvalue weighted by molar-refractivity contribution is -0.386. The van der Waals surface area contributed by atoms with Gasteiger partial charge in [0.15, 0.2) is 11.9 Å². The van der Waals surface area contributed by atoms with Gasteiger partial charge in [-0.15, -0.1) is 0 Å². The summed E-state index contributed by atoms with van der Waals surface area (Å²) in [6.07, 6.45) is 2.89. The van der Waals surface area contributed by atoms with Gasteiger partial charge in [-0.05, 0) is 31.9 Å². The number of nitrogens with zero attached hydrogens (tertiary/aromatic N) is 3. The Morgan fingerprint density at radius 3 is 2.50 bits per heavy atom. The summed E-state index contributed by atoms with van der Waals surface area (Å²) in [5.41, 5.74) is -1.32. The summed E-state index contributed by atoms with van der Waals surface area (Å²) in [7, 11) is 2.73. The molecule has 0 spiro atoms. The second-order valence-electron chi connectivity index (χ2n) is 6.79. The van der Waals surface area contributed by atoms with Crippen LogP contribution in [0.25, 0.3) is 0 Å². The van der Waals surface area contributed by atoms with E-state index in [-0.39, 0.29) is 11.3 Å². The Morgan fingerprint density at radius 1 is 1.32 bits per heavy atom. The smallest absolute Gasteiger partial charge is 0.338 e. The maximum absolute atomic E-state index is 12.8. The molecule has 1 amide bonds. The van der Waals surface area contributed by atoms with E-state index in [0.717, 1.165) is 25.3 Å². The van der Waals surface area contributed by atoms with E-state index in [4.69, 9.17) is 4.74 Å². The first-order chi connectivity index (χ1) is 13.3. The maximum Gasteiger partial charge on any atom is 0.338 e. The number of methoxy groups -OCH3 is 1. The van der Waals surface area contributed by atoms with Crippen molar-refractivity contribution in [3.8, 4) is 11.8 Å². The van der Waals surface area contributed by atoms with Crippen LogP contribution in [0.2, 0.25) is 0 Å². The molecule has 1 aliphatic rings. The van der Waals surface area contributed by atoms with Gasteiger partial charge in [-0.2, -0.15) is 5.26 Å². The van der Waals surface area contributed by atoms with Gasteiger partial charge in [0.1, 0.15) is 5.54 Å². The zero-order valence-corrected chi connectivity index (χ0v) is 16.1. The molecule has 0 N–H and O–H groups in total. The number of hydrogen-bond acceptors (Lipinski definition) is 7. The van der Waals surface area contributed by atoms with Gasteiger partial charge in [0.25, 0.3) is 5.91 Å². The van der Waals surface area contributed by atoms with Crippen LogP contribution in [0.5, 0.6) is 5.75 Å². The van der Waals surface area contributed by atoms with Gasteiger partial charge in [0.05, 0.1) is 23.7 Å². The van der Waals surface area contributed by atoms with Crippen LogP contribution in [0, 0.1) is 21.4 Å². The number of esters is 1. The Morgan fingerprint density at radius 2 is 1.96 bits per heavy atom. The van der Waals surface area contributed by atoms with Gasteiger partial charge in [0, 0.05) is 13.1 Å². The molecule has 0 heterocycles. The van der Waals surface area contributed by atoms with Crippen LogP contribution in [-0.2, 0) is 9.53 Å². The first-order valence-corrected chi connectivity index (χ1v) is 8.98. The highest BCUT2D eigenvalue weighted by atomic mass is 16.6. The average Bonchev–Trinajstić information content (AvgIpc) is 2.72. The van der Waals surface area contributed by atoms with Crippen LogP contribution in [0.1, 0.15) is 49.4 Å². The predicted molar refractivity (Wildman–Crippen MR) is 98.7 cm³/mol. The van der Waals surface area contributed by atoms with Gasteiger partial charge < -0.3 is 14.4 Å². The van der Waals surface area contributed by atoms with E-state index in [1.54, 1.807) is 7.05 Å². The molecule has 9 heteroatoms. The van der Waals surface area contributed by atoms with Crippen LogP contribution < -0.4 is 4.74 Å². The Bertz CT molecular complexity index is 810. The van der Waals surface area contributed by atoms with Crippen molar-refractivity contribution in [1.29, 1.82) is 5.26 Å². The highest BCUT2D eigenvalue weighted by molar-refractivity contribution is 5.90. The molecule has 0 aromatic heterocycles. The fraction of sp³-hybridized carbons (Fsp3) is 0.526. The minimum Gasteiger partial charge on any atom is -0.474 e. The summed E-state index contributed by atoms with van der Waals surface area (Å²) >= 11 is 0. The van der Waals surface area contributed by atoms with E-state index in [1.807, 2.05) is 0 Å². The number of carbonyl (C=O) groups is 2. The normalized spacial score (nSPS) is 16.4. The molecule has 1 aromatic carbocycles. The average molecular weight is 389 g/mol. The van der Waals surface area contributed by atoms with Crippen molar-refractivity contribution in [3.05, 3.63) is 33.9 Å². The molecule has 28 heavy (non-hydrogen) atoms. The highest BCUT2D eigenvalue weighted by Gasteiger charge is 2.40. The van der Waals surface area contributed by atoms with Gasteiger partial charge in [0.2, 0.25) is 0 Å². The Labute approximate surface area is 163 Å². The molecule has 2 rings (SSSR count). The molecule has 0 unspecified atom stereocenters. The van der Waals surface area contributed by atoms with Gasteiger partial charge in [-0.1, -0.05) is 19.3 Å². The number of nitro benzene ring substituents is 1. The summed E-state index contributed by atoms with van der Waals surface area (Å²) in [6.45, 7) is 1.48. The van der Waals surface area contributed by atoms with Gasteiger partial charge >= 0.3 is 11.7 Å². The zero-order chi connectivity index (χ0) is 20.9. The van der Waals surface area contributed by atoms with Crippen molar-refractivity contribution in [3.63, 3.8) is 0 Å². The number of amides is 1. The van der Waals surface area contributed by atoms with Crippen LogP contribution >= 0.6 is 0 Å². The van der Waals surface area contributed by atoms with Crippen molar-refractivity contribution < 1.29 is 24.0 Å². The lowest BCUT2D eigenvalue weighted by atomic mass is 9.81. The molecule has 1 atom stereocenters. The predicted octanol–water partition coefficient (Wildman–Crippen LogP) is 2.83. The molecule has 0 saturated heterocycles. The second-order valence-corrected chi connectivity index (χ2v) is 6.79. The minimum absolute atomic E-state index is 0.00304. The Hall–Kier alpha value is -3.15. The SMILES string of the molecule is COC(=O)c1ccc(O[C@@H](C)C(=O)N(C)C2(C#N)CCCCC2)c([N+](=O)[O-])c1. The quantitative estimate of drug-likeness (QED) is 0.416. The van der Waals surface area contributed by atoms with Crippen molar-refractivity contribution in [2.75, 3.05) is 14.2 Å². The van der Waals surface area contributed by atoms with Gasteiger partial charge in [-0.3, -0.25) is 14.9 Å². The number of nitriles is 1. The molecule has 0 radical (unpaired) electrons. The first-order valence-electron chi connectivity index (χ1n) is 8.98. The molecule has 1 aliphatic carbocycles. The third-order valence-electron chi connectivity index (χ3n) is 5.09. The molecule has 0 aliphatic heterocycles. The Kier molecular flexibility index (Phi) is 6.57. The molecular weight excluding hydrogens is 366 g/mol. The lowest BCUT2D eigenvalue weighted by Crippen LogP contribution is -2.53. The fourth-order valence-corrected chi connectivity index (χ4v) is 3.39. The summed E-state index contributed by atoms with van der Waals surface area (Å²) in [5, 5.41) is 21.0. The number of carbonyl (C=O) groups excluding carboxylic acids is 2. The van der Waals surface area contributed by atoms with E-state index in [9.17, 15) is 25.0 Å². The van der Waals surface area contributed by atoms with E-state index in [0.29, 0.717) is 12.8 Å². The number of hydrogen-bond donors (Lipinski definition) is 0. The molecule has 0 bridgehead atoms. The number of nitro groups is 1. The largest absolute Gasteiger partial charge is 0.474 e. The first kappa shape index (κ1) is 21.2. The zero-order valence-electron chi connectivity index (χ0n) is 16.1. The van der Waals surface area contributed by atoms with Crippen LogP contribution in [-0.4, -0.2) is 47.5 Å². The fourth-order valence-electron chi connectivity index (χ4n) is 3.39. The second kappa shape index (κ2) is 8.69. The molecular formula is C19H23N3O6. The summed E-state index contributed by atoms with van der Waals surface area (Å²) in [4.78, 5) is 36.5. The molecule has 9 nitrogen and oxygen atoms in total. The van der Waals surface area contributed by atoms with E-state index >= 15 is 0 Å².